The van der Waals surface area contributed by atoms with Gasteiger partial charge >= 0.3 is 0 Å². The summed E-state index contributed by atoms with van der Waals surface area (Å²) in [7, 11) is 1.47. The Labute approximate surface area is 123 Å². The molecule has 2 rings (SSSR count). The number of ether oxygens (including phenoxy) is 1. The molecule has 3 nitrogen and oxygen atoms in total. The van der Waals surface area contributed by atoms with Crippen LogP contribution in [0.25, 0.3) is 0 Å². The van der Waals surface area contributed by atoms with E-state index in [1.165, 1.54) is 25.3 Å². The van der Waals surface area contributed by atoms with Gasteiger partial charge < -0.3 is 10.5 Å². The maximum absolute atomic E-state index is 13.3. The van der Waals surface area contributed by atoms with Crippen LogP contribution in [0.15, 0.2) is 42.5 Å². The van der Waals surface area contributed by atoms with Crippen LogP contribution in [0.2, 0.25) is 0 Å². The Morgan fingerprint density at radius 3 is 2.52 bits per heavy atom. The van der Waals surface area contributed by atoms with Crippen molar-refractivity contribution in [1.29, 1.82) is 0 Å². The van der Waals surface area contributed by atoms with Crippen LogP contribution in [-0.4, -0.2) is 12.9 Å². The van der Waals surface area contributed by atoms with Crippen LogP contribution in [0.1, 0.15) is 35.2 Å². The maximum Gasteiger partial charge on any atom is 0.167 e. The van der Waals surface area contributed by atoms with Crippen LogP contribution >= 0.6 is 0 Å². The van der Waals surface area contributed by atoms with E-state index in [1.54, 1.807) is 12.1 Å². The van der Waals surface area contributed by atoms with Gasteiger partial charge in [-0.05, 0) is 41.8 Å². The van der Waals surface area contributed by atoms with Gasteiger partial charge in [0.15, 0.2) is 5.78 Å². The van der Waals surface area contributed by atoms with Crippen molar-refractivity contribution in [1.82, 2.24) is 0 Å². The quantitative estimate of drug-likeness (QED) is 0.672. The molecular weight excluding hydrogens is 269 g/mol. The van der Waals surface area contributed by atoms with Gasteiger partial charge in [0.1, 0.15) is 11.6 Å². The Bertz CT molecular complexity index is 638. The molecule has 0 saturated heterocycles. The Morgan fingerprint density at radius 2 is 1.90 bits per heavy atom. The van der Waals surface area contributed by atoms with E-state index in [-0.39, 0.29) is 23.7 Å². The highest BCUT2D eigenvalue weighted by Gasteiger charge is 2.17. The number of Topliss-reactive ketones (excluding diaryl/α,β-unsaturated/α-hetero) is 1. The molecule has 0 aliphatic carbocycles. The Kier molecular flexibility index (Phi) is 4.58. The monoisotopic (exact) mass is 287 g/mol. The number of halogens is 1. The van der Waals surface area contributed by atoms with Crippen LogP contribution in [0, 0.1) is 5.82 Å². The van der Waals surface area contributed by atoms with Crippen molar-refractivity contribution < 1.29 is 13.9 Å². The molecule has 110 valence electrons. The normalized spacial score (nSPS) is 12.0. The van der Waals surface area contributed by atoms with E-state index in [1.807, 2.05) is 19.1 Å². The zero-order valence-corrected chi connectivity index (χ0v) is 12.1. The van der Waals surface area contributed by atoms with Gasteiger partial charge in [0, 0.05) is 12.1 Å². The molecule has 4 heteroatoms. The minimum atomic E-state index is -0.445. The second-order valence-electron chi connectivity index (χ2n) is 5.04. The van der Waals surface area contributed by atoms with E-state index in [4.69, 9.17) is 10.5 Å². The van der Waals surface area contributed by atoms with Crippen LogP contribution in [0.4, 0.5) is 10.1 Å². The lowest BCUT2D eigenvalue weighted by molar-refractivity contribution is 0.0972. The van der Waals surface area contributed by atoms with Gasteiger partial charge in [0.25, 0.3) is 0 Å². The summed E-state index contributed by atoms with van der Waals surface area (Å²) in [6, 6.07) is 11.4. The second-order valence-corrected chi connectivity index (χ2v) is 5.04. The Balaban J connectivity index is 2.17. The number of hydrogen-bond acceptors (Lipinski definition) is 3. The van der Waals surface area contributed by atoms with E-state index in [0.29, 0.717) is 11.4 Å². The van der Waals surface area contributed by atoms with Crippen molar-refractivity contribution in [3.63, 3.8) is 0 Å². The minimum Gasteiger partial charge on any atom is -0.496 e. The van der Waals surface area contributed by atoms with Crippen LogP contribution in [0.3, 0.4) is 0 Å². The van der Waals surface area contributed by atoms with E-state index in [0.717, 1.165) is 5.56 Å². The Hall–Kier alpha value is -2.36. The van der Waals surface area contributed by atoms with Gasteiger partial charge in [-0.15, -0.1) is 0 Å². The summed E-state index contributed by atoms with van der Waals surface area (Å²) in [6.07, 6.45) is 0.281. The van der Waals surface area contributed by atoms with Gasteiger partial charge in [0.2, 0.25) is 0 Å². The fourth-order valence-electron chi connectivity index (χ4n) is 2.23. The predicted octanol–water partition coefficient (Wildman–Crippen LogP) is 3.79. The highest BCUT2D eigenvalue weighted by atomic mass is 19.1. The van der Waals surface area contributed by atoms with E-state index in [2.05, 4.69) is 0 Å². The summed E-state index contributed by atoms with van der Waals surface area (Å²) in [6.45, 7) is 1.95. The van der Waals surface area contributed by atoms with Crippen molar-refractivity contribution in [2.24, 2.45) is 0 Å². The molecule has 0 aromatic heterocycles. The summed E-state index contributed by atoms with van der Waals surface area (Å²) in [5, 5.41) is 0. The van der Waals surface area contributed by atoms with Crippen LogP contribution < -0.4 is 10.5 Å². The van der Waals surface area contributed by atoms with Crippen LogP contribution in [0.5, 0.6) is 5.75 Å². The average Bonchev–Trinajstić information content (AvgIpc) is 2.47. The Morgan fingerprint density at radius 1 is 1.24 bits per heavy atom. The van der Waals surface area contributed by atoms with Gasteiger partial charge in [-0.1, -0.05) is 19.1 Å². The predicted molar refractivity (Wildman–Crippen MR) is 81.2 cm³/mol. The van der Waals surface area contributed by atoms with Gasteiger partial charge in [-0.25, -0.2) is 4.39 Å². The number of rotatable bonds is 5. The number of ketones is 1. The van der Waals surface area contributed by atoms with E-state index < -0.39 is 5.82 Å². The number of benzene rings is 2. The first-order valence-corrected chi connectivity index (χ1v) is 6.73. The molecule has 0 amide bonds. The number of carbonyl (C=O) groups is 1. The largest absolute Gasteiger partial charge is 0.496 e. The van der Waals surface area contributed by atoms with Crippen molar-refractivity contribution in [2.45, 2.75) is 19.3 Å². The summed E-state index contributed by atoms with van der Waals surface area (Å²) < 4.78 is 18.4. The molecule has 0 bridgehead atoms. The maximum atomic E-state index is 13.3. The number of nitrogen functional groups attached to an aromatic ring is 1. The molecule has 0 saturated carbocycles. The lowest BCUT2D eigenvalue weighted by Gasteiger charge is -2.13. The molecule has 1 atom stereocenters. The summed E-state index contributed by atoms with van der Waals surface area (Å²) in [5.41, 5.74) is 7.63. The van der Waals surface area contributed by atoms with Crippen molar-refractivity contribution in [3.05, 3.63) is 59.4 Å². The second kappa shape index (κ2) is 6.39. The molecule has 1 unspecified atom stereocenters. The summed E-state index contributed by atoms with van der Waals surface area (Å²) in [4.78, 5) is 12.4. The number of anilines is 1. The lowest BCUT2D eigenvalue weighted by Crippen LogP contribution is -2.07. The molecule has 2 aromatic carbocycles. The minimum absolute atomic E-state index is 0.0195. The standard InChI is InChI=1S/C17H18FNO2/c1-11(12-3-6-14(19)7-4-12)9-16(20)15-10-13(18)5-8-17(15)21-2/h3-8,10-11H,9,19H2,1-2H3. The van der Waals surface area contributed by atoms with Gasteiger partial charge in [0.05, 0.1) is 12.7 Å². The van der Waals surface area contributed by atoms with Gasteiger partial charge in [-0.3, -0.25) is 4.79 Å². The highest BCUT2D eigenvalue weighted by molar-refractivity contribution is 5.99. The number of carbonyl (C=O) groups excluding carboxylic acids is 1. The smallest absolute Gasteiger partial charge is 0.167 e. The molecular formula is C17H18FNO2. The molecule has 2 N–H and O–H groups in total. The molecule has 0 aliphatic heterocycles. The first-order valence-electron chi connectivity index (χ1n) is 6.73. The van der Waals surface area contributed by atoms with Crippen molar-refractivity contribution in [2.75, 3.05) is 12.8 Å². The van der Waals surface area contributed by atoms with Crippen LogP contribution in [-0.2, 0) is 0 Å². The van der Waals surface area contributed by atoms with Crippen molar-refractivity contribution >= 4 is 11.5 Å². The molecule has 2 aromatic rings. The third kappa shape index (κ3) is 3.60. The fraction of sp³-hybridized carbons (Fsp3) is 0.235. The topological polar surface area (TPSA) is 52.3 Å². The molecule has 0 radical (unpaired) electrons. The lowest BCUT2D eigenvalue weighted by atomic mass is 9.93. The average molecular weight is 287 g/mol. The number of nitrogens with two attached hydrogens (primary N) is 1. The highest BCUT2D eigenvalue weighted by Crippen LogP contribution is 2.26. The first-order chi connectivity index (χ1) is 10.0. The van der Waals surface area contributed by atoms with E-state index >= 15 is 0 Å². The molecule has 0 spiro atoms. The van der Waals surface area contributed by atoms with E-state index in [9.17, 15) is 9.18 Å². The number of hydrogen-bond donors (Lipinski definition) is 1. The third-order valence-electron chi connectivity index (χ3n) is 3.46. The first kappa shape index (κ1) is 15.0. The SMILES string of the molecule is COc1ccc(F)cc1C(=O)CC(C)c1ccc(N)cc1. The fourth-order valence-corrected chi connectivity index (χ4v) is 2.23. The molecule has 0 fully saturated rings. The molecule has 0 aliphatic rings. The molecule has 0 heterocycles. The zero-order valence-electron chi connectivity index (χ0n) is 12.1. The molecule has 21 heavy (non-hydrogen) atoms. The number of methoxy groups -OCH3 is 1. The zero-order chi connectivity index (χ0) is 15.4. The summed E-state index contributed by atoms with van der Waals surface area (Å²) >= 11 is 0. The van der Waals surface area contributed by atoms with Gasteiger partial charge in [-0.2, -0.15) is 0 Å². The third-order valence-corrected chi connectivity index (χ3v) is 3.46. The van der Waals surface area contributed by atoms with Crippen molar-refractivity contribution in [3.8, 4) is 5.75 Å². The summed E-state index contributed by atoms with van der Waals surface area (Å²) in [5.74, 6) is -0.174.